The average molecular weight is 525 g/mol. The van der Waals surface area contributed by atoms with Crippen LogP contribution in [0.1, 0.15) is 24.3 Å². The van der Waals surface area contributed by atoms with E-state index in [0.717, 1.165) is 33.5 Å². The van der Waals surface area contributed by atoms with Crippen LogP contribution in [-0.2, 0) is 12.1 Å². The van der Waals surface area contributed by atoms with Gasteiger partial charge in [-0.15, -0.1) is 35.3 Å². The Morgan fingerprint density at radius 1 is 1.14 bits per heavy atom. The Morgan fingerprint density at radius 3 is 2.59 bits per heavy atom. The van der Waals surface area contributed by atoms with Gasteiger partial charge in [0.25, 0.3) is 0 Å². The molecule has 0 spiro atoms. The zero-order valence-corrected chi connectivity index (χ0v) is 20.1. The number of aliphatic hydroxyl groups is 1. The van der Waals surface area contributed by atoms with Crippen LogP contribution in [-0.4, -0.2) is 31.3 Å². The van der Waals surface area contributed by atoms with E-state index in [9.17, 15) is 5.11 Å². The molecule has 0 aliphatic rings. The van der Waals surface area contributed by atoms with E-state index in [2.05, 4.69) is 39.9 Å². The van der Waals surface area contributed by atoms with Gasteiger partial charge in [-0.05, 0) is 59.8 Å². The van der Waals surface area contributed by atoms with Crippen molar-refractivity contribution in [2.75, 3.05) is 20.2 Å². The van der Waals surface area contributed by atoms with Crippen LogP contribution in [0.5, 0.6) is 5.75 Å². The first-order chi connectivity index (χ1) is 13.5. The monoisotopic (exact) mass is 525 g/mol. The number of hydrogen-bond donors (Lipinski definition) is 3. The number of benzene rings is 2. The van der Waals surface area contributed by atoms with Crippen molar-refractivity contribution in [2.45, 2.75) is 26.0 Å². The van der Waals surface area contributed by atoms with Gasteiger partial charge in [0.2, 0.25) is 0 Å². The third-order valence-corrected chi connectivity index (χ3v) is 5.65. The number of guanidine groups is 1. The maximum atomic E-state index is 10.7. The van der Waals surface area contributed by atoms with Crippen LogP contribution in [0.25, 0.3) is 10.8 Å². The number of nitrogens with one attached hydrogen (secondary N) is 2. The highest BCUT2D eigenvalue weighted by Gasteiger charge is 2.24. The van der Waals surface area contributed by atoms with Crippen LogP contribution < -0.4 is 15.4 Å². The minimum absolute atomic E-state index is 0. The van der Waals surface area contributed by atoms with E-state index in [4.69, 9.17) is 4.74 Å². The Kier molecular flexibility index (Phi) is 8.73. The molecule has 0 aliphatic carbocycles. The molecule has 0 saturated heterocycles. The van der Waals surface area contributed by atoms with Crippen molar-refractivity contribution in [2.24, 2.45) is 4.99 Å². The number of halogens is 1. The lowest BCUT2D eigenvalue weighted by molar-refractivity contribution is 0.0655. The van der Waals surface area contributed by atoms with Crippen LogP contribution in [0.3, 0.4) is 0 Å². The number of fused-ring (bicyclic) bond motifs is 1. The van der Waals surface area contributed by atoms with Crippen molar-refractivity contribution in [3.63, 3.8) is 0 Å². The number of hydrogen-bond acceptors (Lipinski definition) is 4. The SMILES string of the molecule is CCNC(=NCc1ccc2cc(OC)ccc2c1)NCC(C)(O)c1cccs1.I. The van der Waals surface area contributed by atoms with Gasteiger partial charge in [0, 0.05) is 11.4 Å². The lowest BCUT2D eigenvalue weighted by Gasteiger charge is -2.23. The molecule has 2 aromatic carbocycles. The Labute approximate surface area is 193 Å². The zero-order valence-electron chi connectivity index (χ0n) is 16.9. The van der Waals surface area contributed by atoms with Gasteiger partial charge in [-0.2, -0.15) is 0 Å². The quantitative estimate of drug-likeness (QED) is 0.242. The van der Waals surface area contributed by atoms with Crippen molar-refractivity contribution in [1.29, 1.82) is 0 Å². The van der Waals surface area contributed by atoms with Crippen molar-refractivity contribution < 1.29 is 9.84 Å². The van der Waals surface area contributed by atoms with Gasteiger partial charge in [0.1, 0.15) is 11.4 Å². The van der Waals surface area contributed by atoms with E-state index in [1.165, 1.54) is 0 Å². The first-order valence-corrected chi connectivity index (χ1v) is 10.2. The van der Waals surface area contributed by atoms with E-state index >= 15 is 0 Å². The molecule has 5 nitrogen and oxygen atoms in total. The molecule has 3 aromatic rings. The second-order valence-corrected chi connectivity index (χ2v) is 7.80. The third-order valence-electron chi connectivity index (χ3n) is 4.53. The Hall–Kier alpha value is -1.84. The summed E-state index contributed by atoms with van der Waals surface area (Å²) in [5.41, 5.74) is 0.187. The minimum atomic E-state index is -0.938. The average Bonchev–Trinajstić information content (AvgIpc) is 3.25. The summed E-state index contributed by atoms with van der Waals surface area (Å²) in [6.45, 7) is 5.53. The number of rotatable bonds is 7. The summed E-state index contributed by atoms with van der Waals surface area (Å²) in [5.74, 6) is 1.55. The summed E-state index contributed by atoms with van der Waals surface area (Å²) in [6, 6.07) is 16.3. The van der Waals surface area contributed by atoms with Crippen LogP contribution in [0.15, 0.2) is 58.9 Å². The molecule has 1 unspecified atom stereocenters. The second-order valence-electron chi connectivity index (χ2n) is 6.85. The Bertz CT molecular complexity index is 942. The van der Waals surface area contributed by atoms with Crippen LogP contribution in [0.4, 0.5) is 0 Å². The standard InChI is InChI=1S/C22H27N3O2S.HI/c1-4-23-21(25-15-22(2,26)20-6-5-11-28-20)24-14-16-7-8-18-13-19(27-3)10-9-17(18)12-16;/h5-13,26H,4,14-15H2,1-3H3,(H2,23,24,25);1H. The summed E-state index contributed by atoms with van der Waals surface area (Å²) in [7, 11) is 1.68. The molecule has 1 heterocycles. The summed E-state index contributed by atoms with van der Waals surface area (Å²) < 4.78 is 5.28. The third kappa shape index (κ3) is 6.32. The minimum Gasteiger partial charge on any atom is -0.497 e. The topological polar surface area (TPSA) is 65.9 Å². The van der Waals surface area contributed by atoms with E-state index in [-0.39, 0.29) is 24.0 Å². The molecular formula is C22H28IN3O2S. The predicted molar refractivity (Wildman–Crippen MR) is 133 cm³/mol. The highest BCUT2D eigenvalue weighted by molar-refractivity contribution is 14.0. The van der Waals surface area contributed by atoms with Crippen molar-refractivity contribution in [1.82, 2.24) is 10.6 Å². The molecule has 0 amide bonds. The molecule has 156 valence electrons. The van der Waals surface area contributed by atoms with E-state index in [1.54, 1.807) is 18.4 Å². The molecule has 0 saturated carbocycles. The Morgan fingerprint density at radius 2 is 1.90 bits per heavy atom. The first kappa shape index (κ1) is 23.4. The van der Waals surface area contributed by atoms with Crippen LogP contribution in [0, 0.1) is 0 Å². The van der Waals surface area contributed by atoms with Crippen LogP contribution >= 0.6 is 35.3 Å². The van der Waals surface area contributed by atoms with Crippen LogP contribution in [0.2, 0.25) is 0 Å². The second kappa shape index (κ2) is 10.8. The number of nitrogens with zero attached hydrogens (tertiary/aromatic N) is 1. The normalized spacial score (nSPS) is 13.4. The van der Waals surface area contributed by atoms with E-state index in [0.29, 0.717) is 19.0 Å². The fourth-order valence-corrected chi connectivity index (χ4v) is 3.73. The van der Waals surface area contributed by atoms with Crippen molar-refractivity contribution >= 4 is 52.0 Å². The van der Waals surface area contributed by atoms with Gasteiger partial charge in [0.05, 0.1) is 20.2 Å². The van der Waals surface area contributed by atoms with Gasteiger partial charge in [-0.25, -0.2) is 4.99 Å². The van der Waals surface area contributed by atoms with E-state index in [1.807, 2.05) is 43.5 Å². The molecule has 3 N–H and O–H groups in total. The highest BCUT2D eigenvalue weighted by Crippen LogP contribution is 2.24. The fourth-order valence-electron chi connectivity index (χ4n) is 2.94. The molecule has 0 radical (unpaired) electrons. The Balaban J connectivity index is 0.00000300. The number of ether oxygens (including phenoxy) is 1. The largest absolute Gasteiger partial charge is 0.497 e. The fraction of sp³-hybridized carbons (Fsp3) is 0.318. The molecule has 3 rings (SSSR count). The number of methoxy groups -OCH3 is 1. The molecule has 0 fully saturated rings. The van der Waals surface area contributed by atoms with E-state index < -0.39 is 5.60 Å². The predicted octanol–water partition coefficient (Wildman–Crippen LogP) is 4.49. The maximum absolute atomic E-state index is 10.7. The molecule has 0 bridgehead atoms. The molecular weight excluding hydrogens is 497 g/mol. The van der Waals surface area contributed by atoms with Gasteiger partial charge >= 0.3 is 0 Å². The summed E-state index contributed by atoms with van der Waals surface area (Å²) in [6.07, 6.45) is 0. The molecule has 1 aromatic heterocycles. The highest BCUT2D eigenvalue weighted by atomic mass is 127. The van der Waals surface area contributed by atoms with Gasteiger partial charge in [-0.3, -0.25) is 0 Å². The zero-order chi connectivity index (χ0) is 20.0. The van der Waals surface area contributed by atoms with Crippen molar-refractivity contribution in [3.05, 3.63) is 64.4 Å². The van der Waals surface area contributed by atoms with Gasteiger partial charge in [0.15, 0.2) is 5.96 Å². The van der Waals surface area contributed by atoms with Gasteiger partial charge < -0.3 is 20.5 Å². The summed E-state index contributed by atoms with van der Waals surface area (Å²) in [5, 5.41) is 21.5. The van der Waals surface area contributed by atoms with Crippen molar-refractivity contribution in [3.8, 4) is 5.75 Å². The molecule has 7 heteroatoms. The molecule has 0 aliphatic heterocycles. The van der Waals surface area contributed by atoms with Gasteiger partial charge in [-0.1, -0.05) is 24.3 Å². The molecule has 1 atom stereocenters. The lowest BCUT2D eigenvalue weighted by Crippen LogP contribution is -2.44. The number of thiophene rings is 1. The number of aliphatic imine (C=N–C) groups is 1. The smallest absolute Gasteiger partial charge is 0.191 e. The molecule has 29 heavy (non-hydrogen) atoms. The summed E-state index contributed by atoms with van der Waals surface area (Å²) >= 11 is 1.55. The first-order valence-electron chi connectivity index (χ1n) is 9.37. The maximum Gasteiger partial charge on any atom is 0.191 e. The summed E-state index contributed by atoms with van der Waals surface area (Å²) in [4.78, 5) is 5.60. The lowest BCUT2D eigenvalue weighted by atomic mass is 10.1.